The van der Waals surface area contributed by atoms with E-state index >= 15 is 0 Å². The topological polar surface area (TPSA) is 29.1 Å². The molecule has 0 aliphatic carbocycles. The summed E-state index contributed by atoms with van der Waals surface area (Å²) in [6.45, 7) is 0. The standard InChI is InChI=1S/C14H9BrF3NO/c15-11-6-9(16)3-4-13(11)19-14(20)5-8-1-2-10(17)7-12(8)18/h1-4,6-7H,5H2,(H,19,20). The lowest BCUT2D eigenvalue weighted by atomic mass is 10.1. The molecule has 0 bridgehead atoms. The summed E-state index contributed by atoms with van der Waals surface area (Å²) in [5, 5.41) is 2.51. The highest BCUT2D eigenvalue weighted by atomic mass is 79.9. The fraction of sp³-hybridized carbons (Fsp3) is 0.0714. The third-order valence-corrected chi connectivity index (χ3v) is 3.23. The van der Waals surface area contributed by atoms with Crippen molar-refractivity contribution in [3.8, 4) is 0 Å². The van der Waals surface area contributed by atoms with E-state index in [4.69, 9.17) is 0 Å². The lowest BCUT2D eigenvalue weighted by Crippen LogP contribution is -2.15. The highest BCUT2D eigenvalue weighted by Crippen LogP contribution is 2.23. The summed E-state index contributed by atoms with van der Waals surface area (Å²) in [6.07, 6.45) is -0.240. The third kappa shape index (κ3) is 3.60. The summed E-state index contributed by atoms with van der Waals surface area (Å²) in [5.74, 6) is -2.41. The molecule has 2 aromatic rings. The van der Waals surface area contributed by atoms with E-state index < -0.39 is 23.4 Å². The number of nitrogens with one attached hydrogen (secondary N) is 1. The molecule has 6 heteroatoms. The van der Waals surface area contributed by atoms with Gasteiger partial charge >= 0.3 is 0 Å². The predicted octanol–water partition coefficient (Wildman–Crippen LogP) is 4.05. The molecular formula is C14H9BrF3NO. The van der Waals surface area contributed by atoms with Gasteiger partial charge in [-0.1, -0.05) is 6.07 Å². The van der Waals surface area contributed by atoms with Crippen LogP contribution in [0.2, 0.25) is 0 Å². The summed E-state index contributed by atoms with van der Waals surface area (Å²) in [4.78, 5) is 11.8. The Morgan fingerprint density at radius 3 is 2.35 bits per heavy atom. The second kappa shape index (κ2) is 6.09. The van der Waals surface area contributed by atoms with Gasteiger partial charge in [-0.2, -0.15) is 0 Å². The Morgan fingerprint density at radius 1 is 1.05 bits per heavy atom. The molecule has 0 saturated heterocycles. The number of carbonyl (C=O) groups is 1. The molecule has 0 aromatic heterocycles. The number of halogens is 4. The van der Waals surface area contributed by atoms with Crippen molar-refractivity contribution in [2.24, 2.45) is 0 Å². The maximum absolute atomic E-state index is 13.4. The predicted molar refractivity (Wildman–Crippen MR) is 72.8 cm³/mol. The molecule has 1 amide bonds. The first-order valence-electron chi connectivity index (χ1n) is 5.64. The number of carbonyl (C=O) groups excluding carboxylic acids is 1. The van der Waals surface area contributed by atoms with E-state index in [1.807, 2.05) is 0 Å². The van der Waals surface area contributed by atoms with Crippen LogP contribution in [0.3, 0.4) is 0 Å². The van der Waals surface area contributed by atoms with Gasteiger partial charge in [0.05, 0.1) is 12.1 Å². The summed E-state index contributed by atoms with van der Waals surface area (Å²) in [5.41, 5.74) is 0.459. The van der Waals surface area contributed by atoms with Crippen LogP contribution in [0.1, 0.15) is 5.56 Å². The number of benzene rings is 2. The molecule has 2 aromatic carbocycles. The van der Waals surface area contributed by atoms with Crippen molar-refractivity contribution in [2.45, 2.75) is 6.42 Å². The molecule has 0 aliphatic heterocycles. The molecule has 0 atom stereocenters. The van der Waals surface area contributed by atoms with E-state index in [0.29, 0.717) is 10.2 Å². The largest absolute Gasteiger partial charge is 0.325 e. The minimum atomic E-state index is -0.779. The average molecular weight is 344 g/mol. The number of hydrogen-bond acceptors (Lipinski definition) is 1. The molecule has 0 saturated carbocycles. The second-order valence-corrected chi connectivity index (χ2v) is 4.94. The molecule has 20 heavy (non-hydrogen) atoms. The summed E-state index contributed by atoms with van der Waals surface area (Å²) in [7, 11) is 0. The van der Waals surface area contributed by atoms with Crippen LogP contribution in [-0.4, -0.2) is 5.91 Å². The average Bonchev–Trinajstić information content (AvgIpc) is 2.36. The third-order valence-electron chi connectivity index (χ3n) is 2.57. The van der Waals surface area contributed by atoms with Gasteiger partial charge in [0.1, 0.15) is 17.5 Å². The molecule has 2 nitrogen and oxygen atoms in total. The lowest BCUT2D eigenvalue weighted by molar-refractivity contribution is -0.115. The van der Waals surface area contributed by atoms with Gasteiger partial charge in [0.25, 0.3) is 0 Å². The Labute approximate surface area is 121 Å². The first-order chi connectivity index (χ1) is 9.45. The maximum Gasteiger partial charge on any atom is 0.228 e. The maximum atomic E-state index is 13.4. The molecule has 1 N–H and O–H groups in total. The van der Waals surface area contributed by atoms with Gasteiger partial charge in [0.15, 0.2) is 0 Å². The zero-order valence-electron chi connectivity index (χ0n) is 10.1. The molecule has 104 valence electrons. The van der Waals surface area contributed by atoms with Gasteiger partial charge in [-0.3, -0.25) is 4.79 Å². The van der Waals surface area contributed by atoms with E-state index in [1.165, 1.54) is 24.3 Å². The molecule has 0 spiro atoms. The Kier molecular flexibility index (Phi) is 4.44. The molecule has 0 radical (unpaired) electrons. The zero-order chi connectivity index (χ0) is 14.7. The first kappa shape index (κ1) is 14.6. The quantitative estimate of drug-likeness (QED) is 0.894. The Balaban J connectivity index is 2.09. The second-order valence-electron chi connectivity index (χ2n) is 4.08. The number of anilines is 1. The van der Waals surface area contributed by atoms with Crippen molar-refractivity contribution in [3.05, 3.63) is 63.9 Å². The van der Waals surface area contributed by atoms with Crippen molar-refractivity contribution in [1.29, 1.82) is 0 Å². The van der Waals surface area contributed by atoms with Crippen molar-refractivity contribution in [2.75, 3.05) is 5.32 Å². The zero-order valence-corrected chi connectivity index (χ0v) is 11.7. The van der Waals surface area contributed by atoms with E-state index in [9.17, 15) is 18.0 Å². The minimum Gasteiger partial charge on any atom is -0.325 e. The van der Waals surface area contributed by atoms with E-state index in [1.54, 1.807) is 0 Å². The van der Waals surface area contributed by atoms with Gasteiger partial charge in [0.2, 0.25) is 5.91 Å². The van der Waals surface area contributed by atoms with Crippen LogP contribution in [0.15, 0.2) is 40.9 Å². The van der Waals surface area contributed by atoms with Crippen molar-refractivity contribution in [1.82, 2.24) is 0 Å². The van der Waals surface area contributed by atoms with Crippen LogP contribution < -0.4 is 5.32 Å². The van der Waals surface area contributed by atoms with E-state index in [-0.39, 0.29) is 12.0 Å². The van der Waals surface area contributed by atoms with E-state index in [2.05, 4.69) is 21.2 Å². The molecule has 0 heterocycles. The van der Waals surface area contributed by atoms with Crippen LogP contribution in [0.4, 0.5) is 18.9 Å². The lowest BCUT2D eigenvalue weighted by Gasteiger charge is -2.08. The van der Waals surface area contributed by atoms with Crippen molar-refractivity contribution < 1.29 is 18.0 Å². The SMILES string of the molecule is O=C(Cc1ccc(F)cc1F)Nc1ccc(F)cc1Br. The van der Waals surface area contributed by atoms with E-state index in [0.717, 1.165) is 12.1 Å². The Hall–Kier alpha value is -1.82. The smallest absolute Gasteiger partial charge is 0.228 e. The van der Waals surface area contributed by atoms with Crippen LogP contribution in [-0.2, 0) is 11.2 Å². The van der Waals surface area contributed by atoms with Crippen LogP contribution in [0.25, 0.3) is 0 Å². The first-order valence-corrected chi connectivity index (χ1v) is 6.44. The van der Waals surface area contributed by atoms with Gasteiger partial charge in [-0.15, -0.1) is 0 Å². The highest BCUT2D eigenvalue weighted by Gasteiger charge is 2.11. The van der Waals surface area contributed by atoms with Crippen LogP contribution in [0.5, 0.6) is 0 Å². The van der Waals surface area contributed by atoms with Gasteiger partial charge in [-0.25, -0.2) is 13.2 Å². The molecular weight excluding hydrogens is 335 g/mol. The Morgan fingerprint density at radius 2 is 1.70 bits per heavy atom. The van der Waals surface area contributed by atoms with Crippen LogP contribution >= 0.6 is 15.9 Å². The molecule has 0 fully saturated rings. The summed E-state index contributed by atoms with van der Waals surface area (Å²) >= 11 is 3.11. The van der Waals surface area contributed by atoms with Crippen molar-refractivity contribution >= 4 is 27.5 Å². The minimum absolute atomic E-state index is 0.0853. The fourth-order valence-corrected chi connectivity index (χ4v) is 2.07. The molecule has 0 unspecified atom stereocenters. The van der Waals surface area contributed by atoms with Gasteiger partial charge in [0, 0.05) is 10.5 Å². The highest BCUT2D eigenvalue weighted by molar-refractivity contribution is 9.10. The number of hydrogen-bond donors (Lipinski definition) is 1. The summed E-state index contributed by atoms with van der Waals surface area (Å²) < 4.78 is 39.4. The summed E-state index contributed by atoms with van der Waals surface area (Å²) in [6, 6.07) is 6.80. The fourth-order valence-electron chi connectivity index (χ4n) is 1.62. The van der Waals surface area contributed by atoms with Gasteiger partial charge in [-0.05, 0) is 45.8 Å². The van der Waals surface area contributed by atoms with Crippen molar-refractivity contribution in [3.63, 3.8) is 0 Å². The Bertz CT molecular complexity index is 605. The number of amides is 1. The monoisotopic (exact) mass is 343 g/mol. The van der Waals surface area contributed by atoms with Crippen LogP contribution in [0, 0.1) is 17.5 Å². The normalized spacial score (nSPS) is 10.4. The number of rotatable bonds is 3. The molecule has 0 aliphatic rings. The molecule has 2 rings (SSSR count). The van der Waals surface area contributed by atoms with Gasteiger partial charge < -0.3 is 5.32 Å².